The van der Waals surface area contributed by atoms with Crippen molar-refractivity contribution < 1.29 is 0 Å². The molecule has 0 aliphatic carbocycles. The second kappa shape index (κ2) is 7.04. The van der Waals surface area contributed by atoms with E-state index >= 15 is 0 Å². The number of benzene rings is 3. The van der Waals surface area contributed by atoms with Crippen LogP contribution < -0.4 is 5.32 Å². The maximum atomic E-state index is 6.06. The zero-order valence-corrected chi connectivity index (χ0v) is 15.4. The van der Waals surface area contributed by atoms with Crippen LogP contribution in [0.3, 0.4) is 0 Å². The van der Waals surface area contributed by atoms with Crippen molar-refractivity contribution in [1.82, 2.24) is 4.37 Å². The fourth-order valence-corrected chi connectivity index (χ4v) is 3.79. The molecule has 0 fully saturated rings. The van der Waals surface area contributed by atoms with Crippen molar-refractivity contribution in [2.45, 2.75) is 6.04 Å². The molecule has 1 N–H and O–H groups in total. The lowest BCUT2D eigenvalue weighted by Gasteiger charge is -2.20. The van der Waals surface area contributed by atoms with Gasteiger partial charge in [-0.3, -0.25) is 0 Å². The van der Waals surface area contributed by atoms with Gasteiger partial charge >= 0.3 is 0 Å². The van der Waals surface area contributed by atoms with E-state index in [-0.39, 0.29) is 6.04 Å². The van der Waals surface area contributed by atoms with Gasteiger partial charge < -0.3 is 5.32 Å². The van der Waals surface area contributed by atoms with E-state index < -0.39 is 0 Å². The molecular weight excluding hydrogens is 371 g/mol. The van der Waals surface area contributed by atoms with Crippen molar-refractivity contribution in [1.29, 1.82) is 0 Å². The number of rotatable bonds is 4. The second-order valence-corrected chi connectivity index (χ2v) is 7.39. The fraction of sp³-hybridized carbons (Fsp3) is 0.0500. The van der Waals surface area contributed by atoms with Crippen LogP contribution in [-0.2, 0) is 0 Å². The molecule has 0 atom stereocenters. The molecule has 5 heteroatoms. The first-order valence-electron chi connectivity index (χ1n) is 7.82. The number of nitrogens with zero attached hydrogens (tertiary/aromatic N) is 1. The first-order chi connectivity index (χ1) is 12.2. The summed E-state index contributed by atoms with van der Waals surface area (Å²) in [4.78, 5) is 0. The summed E-state index contributed by atoms with van der Waals surface area (Å²) in [5.41, 5.74) is 2.23. The van der Waals surface area contributed by atoms with Crippen LogP contribution in [0.15, 0.2) is 72.8 Å². The van der Waals surface area contributed by atoms with Gasteiger partial charge in [-0.25, -0.2) is 0 Å². The van der Waals surface area contributed by atoms with Gasteiger partial charge in [0.1, 0.15) is 5.82 Å². The monoisotopic (exact) mass is 384 g/mol. The van der Waals surface area contributed by atoms with Crippen molar-refractivity contribution in [2.24, 2.45) is 0 Å². The Morgan fingerprint density at radius 2 is 1.32 bits per heavy atom. The van der Waals surface area contributed by atoms with Gasteiger partial charge in [-0.1, -0.05) is 59.6 Å². The van der Waals surface area contributed by atoms with Gasteiger partial charge in [0.2, 0.25) is 0 Å². The summed E-state index contributed by atoms with van der Waals surface area (Å²) in [6.07, 6.45) is 0. The van der Waals surface area contributed by atoms with Crippen molar-refractivity contribution in [3.8, 4) is 0 Å². The number of fused-ring (bicyclic) bond motifs is 1. The smallest absolute Gasteiger partial charge is 0.148 e. The van der Waals surface area contributed by atoms with Crippen molar-refractivity contribution >= 4 is 50.6 Å². The molecule has 0 radical (unpaired) electrons. The molecule has 1 heterocycles. The highest BCUT2D eigenvalue weighted by Gasteiger charge is 2.17. The molecule has 0 saturated heterocycles. The number of aromatic nitrogens is 1. The molecule has 0 spiro atoms. The molecule has 0 amide bonds. The van der Waals surface area contributed by atoms with Crippen LogP contribution in [0.5, 0.6) is 0 Å². The van der Waals surface area contributed by atoms with Gasteiger partial charge in [0.15, 0.2) is 0 Å². The zero-order valence-electron chi connectivity index (χ0n) is 13.1. The number of hydrogen-bond acceptors (Lipinski definition) is 3. The largest absolute Gasteiger partial charge is 0.358 e. The molecule has 0 unspecified atom stereocenters. The summed E-state index contributed by atoms with van der Waals surface area (Å²) in [6.45, 7) is 0. The predicted octanol–water partition coefficient (Wildman–Crippen LogP) is 6.80. The number of nitrogens with one attached hydrogen (secondary N) is 1. The van der Waals surface area contributed by atoms with Crippen LogP contribution in [0, 0.1) is 0 Å². The van der Waals surface area contributed by atoms with Crippen LogP contribution in [0.1, 0.15) is 17.2 Å². The minimum Gasteiger partial charge on any atom is -0.358 e. The Balaban J connectivity index is 1.77. The Morgan fingerprint density at radius 1 is 0.760 bits per heavy atom. The van der Waals surface area contributed by atoms with E-state index in [2.05, 4.69) is 21.8 Å². The SMILES string of the molecule is Clc1ccc(C(Nc2nsc3ccccc23)c2ccc(Cl)cc2)cc1. The summed E-state index contributed by atoms with van der Waals surface area (Å²) in [5, 5.41) is 6.15. The van der Waals surface area contributed by atoms with Crippen molar-refractivity contribution in [2.75, 3.05) is 5.32 Å². The van der Waals surface area contributed by atoms with Gasteiger partial charge in [0.05, 0.1) is 10.7 Å². The zero-order chi connectivity index (χ0) is 17.2. The molecule has 4 rings (SSSR count). The Morgan fingerprint density at radius 3 is 1.92 bits per heavy atom. The van der Waals surface area contributed by atoms with Gasteiger partial charge in [-0.2, -0.15) is 4.37 Å². The van der Waals surface area contributed by atoms with E-state index in [4.69, 9.17) is 23.2 Å². The van der Waals surface area contributed by atoms with E-state index in [1.165, 1.54) is 11.5 Å². The Bertz CT molecular complexity index is 949. The Hall–Kier alpha value is -2.07. The molecule has 124 valence electrons. The minimum atomic E-state index is -0.0416. The Kier molecular flexibility index (Phi) is 4.62. The van der Waals surface area contributed by atoms with Crippen LogP contribution in [-0.4, -0.2) is 4.37 Å². The van der Waals surface area contributed by atoms with Crippen molar-refractivity contribution in [3.63, 3.8) is 0 Å². The molecule has 1 aromatic heterocycles. The third-order valence-electron chi connectivity index (χ3n) is 4.07. The predicted molar refractivity (Wildman–Crippen MR) is 108 cm³/mol. The first-order valence-corrected chi connectivity index (χ1v) is 9.35. The maximum absolute atomic E-state index is 6.06. The van der Waals surface area contributed by atoms with Gasteiger partial charge in [-0.05, 0) is 59.1 Å². The number of hydrogen-bond donors (Lipinski definition) is 1. The van der Waals surface area contributed by atoms with E-state index in [0.29, 0.717) is 0 Å². The molecule has 0 aliphatic rings. The minimum absolute atomic E-state index is 0.0416. The molecule has 25 heavy (non-hydrogen) atoms. The van der Waals surface area contributed by atoms with Crippen LogP contribution in [0.25, 0.3) is 10.1 Å². The molecule has 3 aromatic carbocycles. The van der Waals surface area contributed by atoms with Gasteiger partial charge in [0, 0.05) is 15.4 Å². The maximum Gasteiger partial charge on any atom is 0.148 e. The highest BCUT2D eigenvalue weighted by atomic mass is 35.5. The number of anilines is 1. The van der Waals surface area contributed by atoms with E-state index in [1.807, 2.05) is 60.7 Å². The fourth-order valence-electron chi connectivity index (χ4n) is 2.80. The van der Waals surface area contributed by atoms with Crippen LogP contribution >= 0.6 is 34.7 Å². The lowest BCUT2D eigenvalue weighted by Crippen LogP contribution is -2.12. The highest BCUT2D eigenvalue weighted by molar-refractivity contribution is 7.13. The van der Waals surface area contributed by atoms with Crippen LogP contribution in [0.2, 0.25) is 10.0 Å². The molecule has 2 nitrogen and oxygen atoms in total. The summed E-state index contributed by atoms with van der Waals surface area (Å²) >= 11 is 13.6. The van der Waals surface area contributed by atoms with Crippen molar-refractivity contribution in [3.05, 3.63) is 94.0 Å². The normalized spacial score (nSPS) is 11.2. The summed E-state index contributed by atoms with van der Waals surface area (Å²) in [7, 11) is 0. The third-order valence-corrected chi connectivity index (χ3v) is 5.40. The van der Waals surface area contributed by atoms with E-state index in [1.54, 1.807) is 0 Å². The lowest BCUT2D eigenvalue weighted by molar-refractivity contribution is 0.935. The Labute approximate surface area is 160 Å². The molecular formula is C20H14Cl2N2S. The van der Waals surface area contributed by atoms with Gasteiger partial charge in [-0.15, -0.1) is 0 Å². The third kappa shape index (κ3) is 3.49. The quantitative estimate of drug-likeness (QED) is 0.418. The average molecular weight is 385 g/mol. The standard InChI is InChI=1S/C20H14Cl2N2S/c21-15-9-5-13(6-10-15)19(14-7-11-16(22)12-8-14)23-20-17-3-1-2-4-18(17)25-24-20/h1-12,19H,(H,23,24). The molecule has 0 bridgehead atoms. The number of halogens is 2. The highest BCUT2D eigenvalue weighted by Crippen LogP contribution is 2.33. The lowest BCUT2D eigenvalue weighted by atomic mass is 9.98. The molecule has 0 saturated carbocycles. The molecule has 4 aromatic rings. The summed E-state index contributed by atoms with van der Waals surface area (Å²) in [6, 6.07) is 23.9. The van der Waals surface area contributed by atoms with Crippen LogP contribution in [0.4, 0.5) is 5.82 Å². The first kappa shape index (κ1) is 16.4. The van der Waals surface area contributed by atoms with Gasteiger partial charge in [0.25, 0.3) is 0 Å². The molecule has 0 aliphatic heterocycles. The van der Waals surface area contributed by atoms with E-state index in [9.17, 15) is 0 Å². The summed E-state index contributed by atoms with van der Waals surface area (Å²) < 4.78 is 5.76. The average Bonchev–Trinajstić information content (AvgIpc) is 3.05. The van der Waals surface area contributed by atoms with E-state index in [0.717, 1.165) is 37.1 Å². The topological polar surface area (TPSA) is 24.9 Å². The second-order valence-electron chi connectivity index (χ2n) is 5.71. The summed E-state index contributed by atoms with van der Waals surface area (Å²) in [5.74, 6) is 0.885.